The Morgan fingerprint density at radius 3 is 1.11 bits per heavy atom. The van der Waals surface area contributed by atoms with Gasteiger partial charge >= 0.3 is 0 Å². The number of hydrogen-bond acceptors (Lipinski definition) is 15. The van der Waals surface area contributed by atoms with Gasteiger partial charge in [-0.2, -0.15) is 8.42 Å². The van der Waals surface area contributed by atoms with Crippen LogP contribution in [0, 0.1) is 29.6 Å². The van der Waals surface area contributed by atoms with Crippen LogP contribution in [0.3, 0.4) is 0 Å². The maximum atomic E-state index is 12.7. The van der Waals surface area contributed by atoms with E-state index in [-0.39, 0.29) is 71.4 Å². The molecule has 4 aliphatic rings. The number of hydrogen-bond donors (Lipinski definition) is 6. The van der Waals surface area contributed by atoms with E-state index in [0.717, 1.165) is 86.3 Å². The van der Waals surface area contributed by atoms with Crippen molar-refractivity contribution in [2.24, 2.45) is 34.7 Å². The maximum Gasteiger partial charge on any atom is 0.264 e. The molecule has 0 heterocycles. The zero-order chi connectivity index (χ0) is 75.2. The molecule has 4 saturated carbocycles. The molecule has 4 amide bonds. The minimum Gasteiger partial charge on any atom is -0.508 e. The Morgan fingerprint density at radius 2 is 0.740 bits per heavy atom. The van der Waals surface area contributed by atoms with E-state index < -0.39 is 31.4 Å². The van der Waals surface area contributed by atoms with Crippen molar-refractivity contribution in [1.29, 1.82) is 0 Å². The van der Waals surface area contributed by atoms with Gasteiger partial charge in [0.2, 0.25) is 9.05 Å². The number of carbonyl (C=O) groups is 4. The molecule has 11 atom stereocenters. The monoisotopic (exact) mass is 1480 g/mol. The molecule has 0 bridgehead atoms. The van der Waals surface area contributed by atoms with Crippen molar-refractivity contribution in [2.45, 2.75) is 174 Å². The summed E-state index contributed by atoms with van der Waals surface area (Å²) in [5.74, 6) is 3.50. The van der Waals surface area contributed by atoms with E-state index in [2.05, 4.69) is 69.7 Å². The van der Waals surface area contributed by atoms with Crippen LogP contribution in [-0.4, -0.2) is 106 Å². The van der Waals surface area contributed by atoms with Crippen LogP contribution in [0.1, 0.15) is 170 Å². The summed E-state index contributed by atoms with van der Waals surface area (Å²) in [6, 6.07) is 56.7. The van der Waals surface area contributed by atoms with Crippen LogP contribution in [0.15, 0.2) is 193 Å². The number of ether oxygens (including phenoxy) is 3. The Balaban J connectivity index is 0.000000192. The summed E-state index contributed by atoms with van der Waals surface area (Å²) in [6.07, 6.45) is 12.7. The Labute approximate surface area is 617 Å². The molecule has 7 aromatic rings. The first kappa shape index (κ1) is 82.3. The van der Waals surface area contributed by atoms with E-state index in [1.165, 1.54) is 19.3 Å². The lowest BCUT2D eigenvalue weighted by Gasteiger charge is -2.36. The zero-order valence-corrected chi connectivity index (χ0v) is 62.7. The van der Waals surface area contributed by atoms with Crippen LogP contribution >= 0.6 is 10.7 Å². The quantitative estimate of drug-likeness (QED) is 0.0136. The molecule has 104 heavy (non-hydrogen) atoms. The minimum atomic E-state index is -3.58. The zero-order valence-electron chi connectivity index (χ0n) is 60.3. The summed E-state index contributed by atoms with van der Waals surface area (Å²) in [5.41, 5.74) is 14.3. The molecule has 11 unspecified atom stereocenters. The summed E-state index contributed by atoms with van der Waals surface area (Å²) >= 11 is 0. The lowest BCUT2D eigenvalue weighted by Crippen LogP contribution is -2.51. The molecular weight excluding hydrogens is 1380 g/mol. The van der Waals surface area contributed by atoms with Gasteiger partial charge in [-0.15, -0.1) is 0 Å². The first-order chi connectivity index (χ1) is 49.7. The topological polar surface area (TPSA) is 311 Å². The van der Waals surface area contributed by atoms with Gasteiger partial charge in [0.1, 0.15) is 42.8 Å². The number of nitrogens with one attached hydrogen (secondary N) is 4. The molecule has 0 spiro atoms. The predicted molar refractivity (Wildman–Crippen MR) is 405 cm³/mol. The second kappa shape index (κ2) is 41.5. The average Bonchev–Trinajstić information content (AvgIpc) is 0.832. The fourth-order valence-corrected chi connectivity index (χ4v) is 13.9. The highest BCUT2D eigenvalue weighted by Crippen LogP contribution is 2.32. The van der Waals surface area contributed by atoms with Crippen molar-refractivity contribution in [3.05, 3.63) is 237 Å². The number of amides is 4. The molecule has 21 nitrogen and oxygen atoms in total. The summed E-state index contributed by atoms with van der Waals surface area (Å²) in [6.45, 7) is 12.0. The van der Waals surface area contributed by atoms with Gasteiger partial charge in [0, 0.05) is 49.9 Å². The maximum absolute atomic E-state index is 12.7. The van der Waals surface area contributed by atoms with Crippen molar-refractivity contribution in [1.82, 2.24) is 21.3 Å². The Morgan fingerprint density at radius 1 is 0.442 bits per heavy atom. The van der Waals surface area contributed by atoms with Gasteiger partial charge < -0.3 is 45.7 Å². The number of phenols is 1. The van der Waals surface area contributed by atoms with Gasteiger partial charge in [-0.3, -0.25) is 23.4 Å². The normalized spacial score (nSPS) is 22.7. The molecule has 7 aromatic carbocycles. The van der Waals surface area contributed by atoms with Crippen molar-refractivity contribution in [3.8, 4) is 23.0 Å². The Kier molecular flexibility index (Phi) is 32.9. The third-order valence-corrected chi connectivity index (χ3v) is 19.6. The lowest BCUT2D eigenvalue weighted by atomic mass is 9.78. The van der Waals surface area contributed by atoms with Crippen molar-refractivity contribution in [3.63, 3.8) is 0 Å². The molecule has 0 radical (unpaired) electrons. The van der Waals surface area contributed by atoms with E-state index in [1.807, 2.05) is 97.9 Å². The number of rotatable bonds is 20. The fourth-order valence-electron chi connectivity index (χ4n) is 13.2. The predicted octanol–water partition coefficient (Wildman–Crippen LogP) is 15.1. The second-order valence-electron chi connectivity index (χ2n) is 27.4. The van der Waals surface area contributed by atoms with Crippen LogP contribution < -0.4 is 35.5 Å². The molecule has 4 fully saturated rings. The minimum absolute atomic E-state index is 0.0411. The number of aliphatic hydroxyl groups excluding tert-OH is 1. The number of azide groups is 1. The van der Waals surface area contributed by atoms with E-state index in [9.17, 15) is 46.2 Å². The van der Waals surface area contributed by atoms with E-state index >= 15 is 0 Å². The Bertz CT molecular complexity index is 4040. The molecule has 11 rings (SSSR count). The van der Waals surface area contributed by atoms with Crippen LogP contribution in [0.2, 0.25) is 0 Å². The third-order valence-electron chi connectivity index (χ3n) is 19.0. The van der Waals surface area contributed by atoms with Crippen LogP contribution in [-0.2, 0) is 43.2 Å². The lowest BCUT2D eigenvalue weighted by molar-refractivity contribution is 0.0544. The van der Waals surface area contributed by atoms with Gasteiger partial charge in [-0.25, -0.2) is 8.42 Å². The molecule has 0 aliphatic heterocycles. The van der Waals surface area contributed by atoms with Gasteiger partial charge in [0.05, 0.1) is 42.8 Å². The average molecular weight is 1480 g/mol. The van der Waals surface area contributed by atoms with E-state index in [0.29, 0.717) is 77.7 Å². The molecule has 4 aliphatic carbocycles. The second-order valence-corrected chi connectivity index (χ2v) is 32.1. The molecule has 24 heteroatoms. The number of aromatic hydroxyl groups is 1. The van der Waals surface area contributed by atoms with Gasteiger partial charge in [-0.05, 0) is 200 Å². The van der Waals surface area contributed by atoms with Gasteiger partial charge in [0.25, 0.3) is 33.7 Å². The number of nitrogens with zero attached hydrogens (tertiary/aromatic N) is 3. The van der Waals surface area contributed by atoms with Crippen LogP contribution in [0.5, 0.6) is 23.0 Å². The Hall–Kier alpha value is -8.96. The summed E-state index contributed by atoms with van der Waals surface area (Å²) in [4.78, 5) is 52.8. The number of phenolic OH excluding ortho intramolecular Hbond substituents is 1. The molecular formula is C80H100ClN7O14S2. The highest BCUT2D eigenvalue weighted by Gasteiger charge is 2.36. The fraction of sp³-hybridized carbons (Fsp3) is 0.425. The largest absolute Gasteiger partial charge is 0.508 e. The van der Waals surface area contributed by atoms with Crippen molar-refractivity contribution < 1.29 is 64.6 Å². The first-order valence-corrected chi connectivity index (χ1v) is 40.1. The third kappa shape index (κ3) is 28.6. The molecule has 0 aromatic heterocycles. The standard InChI is InChI=1S/C22H27NO5S.C21H24N4O2.C21H25NO3.C15H21NO2.CH3ClO2S/c1-16-7-6-10-20(28-29(2,25)26)21(16)23-22(24)18-11-13-19(14-12-18)27-15-17-8-4-3-5-9-17;1-15-6-5-9-19(24-25-22)20(15)23-21(26)17-10-12-18(13-11-17)27-14-16-7-3-2-4-8-16;1-15-6-5-9-19(23)20(15)22-21(24)17-10-12-18(13-11-17)25-14-16-7-3-2-4-8-16;1-10-4-3-5-11(2)14(10)16-15(18)12-6-8-13(17)9-7-12;1-5(2,3)4/h3-5,8-9,11-14,16,20-21H,6-7,10,15H2,1-2H3,(H,23,24);2-4,7-8,10-13,15,19-20H,5-6,9,14H2,1H3,(H,23,26);2-4,7-8,10-13,15,19-20,23H,5-6,9,14H2,1H3,(H,22,24);6-11,14,17H,3-5H2,1-2H3,(H,16,18);1H3. The van der Waals surface area contributed by atoms with E-state index in [1.54, 1.807) is 97.1 Å². The van der Waals surface area contributed by atoms with Crippen LogP contribution in [0.4, 0.5) is 0 Å². The number of benzene rings is 7. The summed E-state index contributed by atoms with van der Waals surface area (Å²) < 4.78 is 64.4. The summed E-state index contributed by atoms with van der Waals surface area (Å²) in [5, 5.41) is 35.3. The highest BCUT2D eigenvalue weighted by molar-refractivity contribution is 8.13. The smallest absolute Gasteiger partial charge is 0.264 e. The number of halogens is 1. The molecule has 6 N–H and O–H groups in total. The molecule has 558 valence electrons. The van der Waals surface area contributed by atoms with Gasteiger partial charge in [0.15, 0.2) is 0 Å². The van der Waals surface area contributed by atoms with Crippen molar-refractivity contribution >= 4 is 53.5 Å². The van der Waals surface area contributed by atoms with E-state index in [4.69, 9.17) is 23.9 Å². The highest BCUT2D eigenvalue weighted by atomic mass is 35.7. The van der Waals surface area contributed by atoms with Crippen LogP contribution in [0.25, 0.3) is 10.4 Å². The SMILES string of the molecule is CC1CCCC(C)C1NC(=O)c1ccc(O)cc1.CC1CCCC(N=[N+]=[N-])C1NC(=O)c1ccc(OCc2ccccc2)cc1.CC1CCCC(O)C1NC(=O)c1ccc(OCc2ccccc2)cc1.CC1CCCC(OS(C)(=O)=O)C1NC(=O)c1ccc(OCc2ccccc2)cc1.CS(=O)(=O)Cl. The number of aliphatic hydroxyl groups is 1. The van der Waals surface area contributed by atoms with Crippen molar-refractivity contribution in [2.75, 3.05) is 12.5 Å². The molecule has 0 saturated heterocycles. The van der Waals surface area contributed by atoms with Gasteiger partial charge in [-0.1, -0.05) is 156 Å². The summed E-state index contributed by atoms with van der Waals surface area (Å²) in [7, 11) is -2.28. The number of carbonyl (C=O) groups excluding carboxylic acids is 4. The first-order valence-electron chi connectivity index (χ1n) is 35.5.